The summed E-state index contributed by atoms with van der Waals surface area (Å²) >= 11 is 0. The first-order valence-corrected chi connectivity index (χ1v) is 12.3. The molecule has 174 valence electrons. The molecule has 2 saturated heterocycles. The van der Waals surface area contributed by atoms with Crippen molar-refractivity contribution in [3.8, 4) is 0 Å². The molecule has 6 heteroatoms. The van der Waals surface area contributed by atoms with Gasteiger partial charge in [-0.15, -0.1) is 0 Å². The number of hydroxylamine groups is 2. The molecular weight excluding hydrogens is 414 g/mol. The first-order valence-electron chi connectivity index (χ1n) is 12.3. The number of amides is 2. The van der Waals surface area contributed by atoms with Gasteiger partial charge in [0.1, 0.15) is 0 Å². The highest BCUT2D eigenvalue weighted by molar-refractivity contribution is 5.94. The third-order valence-electron chi connectivity index (χ3n) is 7.51. The molecule has 1 N–H and O–H groups in total. The van der Waals surface area contributed by atoms with E-state index in [1.54, 1.807) is 0 Å². The smallest absolute Gasteiger partial charge is 0.278 e. The van der Waals surface area contributed by atoms with Crippen LogP contribution in [-0.4, -0.2) is 47.5 Å². The van der Waals surface area contributed by atoms with Crippen LogP contribution in [0.1, 0.15) is 72.2 Å². The largest absolute Gasteiger partial charge is 0.335 e. The van der Waals surface area contributed by atoms with E-state index in [0.717, 1.165) is 44.3 Å². The third-order valence-corrected chi connectivity index (χ3v) is 7.51. The predicted molar refractivity (Wildman–Crippen MR) is 126 cm³/mol. The van der Waals surface area contributed by atoms with Gasteiger partial charge in [-0.05, 0) is 74.9 Å². The quantitative estimate of drug-likeness (QED) is 0.703. The molecule has 3 heterocycles. The molecule has 33 heavy (non-hydrogen) atoms. The molecule has 0 aliphatic carbocycles. The van der Waals surface area contributed by atoms with Crippen molar-refractivity contribution < 1.29 is 14.4 Å². The molecule has 0 spiro atoms. The Balaban J connectivity index is 1.40. The van der Waals surface area contributed by atoms with Crippen molar-refractivity contribution in [1.82, 2.24) is 15.3 Å². The average molecular weight is 448 g/mol. The van der Waals surface area contributed by atoms with Crippen molar-refractivity contribution in [2.75, 3.05) is 19.7 Å². The van der Waals surface area contributed by atoms with Gasteiger partial charge >= 0.3 is 0 Å². The predicted octanol–water partition coefficient (Wildman–Crippen LogP) is 4.04. The molecule has 2 fully saturated rings. The van der Waals surface area contributed by atoms with E-state index in [2.05, 4.69) is 16.3 Å². The lowest BCUT2D eigenvalue weighted by molar-refractivity contribution is -0.145. The van der Waals surface area contributed by atoms with Gasteiger partial charge in [0.25, 0.3) is 5.91 Å². The van der Waals surface area contributed by atoms with Crippen LogP contribution in [-0.2, 0) is 16.1 Å². The maximum Gasteiger partial charge on any atom is 0.278 e. The van der Waals surface area contributed by atoms with Gasteiger partial charge < -0.3 is 10.2 Å². The Kier molecular flexibility index (Phi) is 6.21. The number of nitrogens with one attached hydrogen (secondary N) is 1. The highest BCUT2D eigenvalue weighted by Crippen LogP contribution is 2.41. The summed E-state index contributed by atoms with van der Waals surface area (Å²) in [5.41, 5.74) is 4.03. The van der Waals surface area contributed by atoms with Gasteiger partial charge in [0, 0.05) is 18.2 Å². The number of hydrogen-bond donors (Lipinski definition) is 1. The van der Waals surface area contributed by atoms with Crippen LogP contribution in [0.25, 0.3) is 0 Å². The van der Waals surface area contributed by atoms with Crippen LogP contribution in [0.4, 0.5) is 0 Å². The Bertz CT molecular complexity index is 1020. The lowest BCUT2D eigenvalue weighted by Crippen LogP contribution is -2.57. The van der Waals surface area contributed by atoms with E-state index in [4.69, 9.17) is 4.84 Å². The first kappa shape index (κ1) is 22.1. The van der Waals surface area contributed by atoms with Crippen LogP contribution in [0.2, 0.25) is 0 Å². The number of carbonyl (C=O) groups is 2. The molecule has 0 radical (unpaired) electrons. The molecule has 2 amide bonds. The van der Waals surface area contributed by atoms with Crippen LogP contribution in [0.15, 0.2) is 48.5 Å². The van der Waals surface area contributed by atoms with Crippen molar-refractivity contribution >= 4 is 11.8 Å². The van der Waals surface area contributed by atoms with Crippen molar-refractivity contribution in [3.63, 3.8) is 0 Å². The van der Waals surface area contributed by atoms with Gasteiger partial charge in [0.2, 0.25) is 5.91 Å². The summed E-state index contributed by atoms with van der Waals surface area (Å²) in [6.45, 7) is 6.02. The van der Waals surface area contributed by atoms with Crippen molar-refractivity contribution in [2.45, 2.75) is 57.7 Å². The zero-order valence-corrected chi connectivity index (χ0v) is 19.5. The fourth-order valence-electron chi connectivity index (χ4n) is 5.79. The van der Waals surface area contributed by atoms with E-state index in [1.807, 2.05) is 56.3 Å². The highest BCUT2D eigenvalue weighted by Gasteiger charge is 2.45. The zero-order valence-electron chi connectivity index (χ0n) is 19.5. The maximum atomic E-state index is 13.5. The van der Waals surface area contributed by atoms with Crippen molar-refractivity contribution in [1.29, 1.82) is 0 Å². The summed E-state index contributed by atoms with van der Waals surface area (Å²) in [7, 11) is 0. The van der Waals surface area contributed by atoms with Gasteiger partial charge in [-0.2, -0.15) is 0 Å². The normalized spacial score (nSPS) is 25.0. The zero-order chi connectivity index (χ0) is 22.9. The van der Waals surface area contributed by atoms with E-state index < -0.39 is 0 Å². The molecule has 3 aliphatic rings. The fraction of sp³-hybridized carbons (Fsp3) is 0.481. The van der Waals surface area contributed by atoms with Crippen LogP contribution < -0.4 is 5.32 Å². The van der Waals surface area contributed by atoms with Crippen LogP contribution in [0.3, 0.4) is 0 Å². The minimum Gasteiger partial charge on any atom is -0.335 e. The summed E-state index contributed by atoms with van der Waals surface area (Å²) in [5, 5.41) is 5.07. The first-order chi connectivity index (χ1) is 16.1. The number of rotatable bonds is 5. The summed E-state index contributed by atoms with van der Waals surface area (Å²) in [6, 6.07) is 16.1. The Morgan fingerprint density at radius 2 is 2.06 bits per heavy atom. The van der Waals surface area contributed by atoms with Gasteiger partial charge in [0.05, 0.1) is 24.6 Å². The van der Waals surface area contributed by atoms with Gasteiger partial charge in [-0.25, -0.2) is 5.06 Å². The number of nitrogens with zero attached hydrogens (tertiary/aromatic N) is 2. The molecule has 2 aromatic carbocycles. The number of benzene rings is 2. The molecule has 0 unspecified atom stereocenters. The molecule has 6 nitrogen and oxygen atoms in total. The Morgan fingerprint density at radius 1 is 1.24 bits per heavy atom. The molecule has 0 aromatic heterocycles. The molecular formula is C27H33N3O3. The molecule has 2 aromatic rings. The monoisotopic (exact) mass is 447 g/mol. The minimum atomic E-state index is -0.199. The van der Waals surface area contributed by atoms with Gasteiger partial charge in [-0.3, -0.25) is 14.4 Å². The highest BCUT2D eigenvalue weighted by atomic mass is 16.7. The van der Waals surface area contributed by atoms with E-state index in [9.17, 15) is 9.59 Å². The van der Waals surface area contributed by atoms with Crippen LogP contribution in [0.5, 0.6) is 0 Å². The van der Waals surface area contributed by atoms with Crippen LogP contribution in [0, 0.1) is 5.92 Å². The third kappa shape index (κ3) is 4.06. The average Bonchev–Trinajstić information content (AvgIpc) is 2.86. The van der Waals surface area contributed by atoms with Crippen LogP contribution >= 0.6 is 0 Å². The fourth-order valence-corrected chi connectivity index (χ4v) is 5.79. The summed E-state index contributed by atoms with van der Waals surface area (Å²) < 4.78 is 0. The topological polar surface area (TPSA) is 61.9 Å². The number of fused-ring (bicyclic) bond motifs is 4. The number of piperidine rings is 2. The second kappa shape index (κ2) is 9.27. The van der Waals surface area contributed by atoms with E-state index in [-0.39, 0.29) is 30.0 Å². The number of hydrogen-bond acceptors (Lipinski definition) is 4. The van der Waals surface area contributed by atoms with Gasteiger partial charge in [-0.1, -0.05) is 36.4 Å². The Hall–Kier alpha value is -2.70. The lowest BCUT2D eigenvalue weighted by atomic mass is 9.77. The maximum absolute atomic E-state index is 13.5. The summed E-state index contributed by atoms with van der Waals surface area (Å²) in [5.74, 6) is 0.289. The summed E-state index contributed by atoms with van der Waals surface area (Å²) in [4.78, 5) is 34.5. The lowest BCUT2D eigenvalue weighted by Gasteiger charge is -2.48. The standard InChI is InChI=1S/C27H33N3O3/c1-3-33-30(18(2)19-8-5-4-6-9-19)26(31)21-11-12-22-20(16-21)13-15-29-25(22)17-24-23(27(29)32)10-7-14-28-24/h4-6,8-9,11-12,16,18,23-25,28H,3,7,10,13-15,17H2,1-2H3/t18-,23-,24-,25+/m1/s1. The Morgan fingerprint density at radius 3 is 2.85 bits per heavy atom. The number of carbonyl (C=O) groups excluding carboxylic acids is 2. The molecule has 0 saturated carbocycles. The van der Waals surface area contributed by atoms with E-state index >= 15 is 0 Å². The van der Waals surface area contributed by atoms with E-state index in [1.165, 1.54) is 16.2 Å². The molecule has 4 atom stereocenters. The van der Waals surface area contributed by atoms with E-state index in [0.29, 0.717) is 18.1 Å². The molecule has 5 rings (SSSR count). The minimum absolute atomic E-state index is 0.100. The van der Waals surface area contributed by atoms with Crippen molar-refractivity contribution in [2.24, 2.45) is 5.92 Å². The van der Waals surface area contributed by atoms with Crippen molar-refractivity contribution in [3.05, 3.63) is 70.8 Å². The SMILES string of the molecule is CCON(C(=O)c1ccc2c(c1)CCN1C(=O)[C@@H]3CCCN[C@@H]3C[C@@H]21)[C@H](C)c1ccccc1. The second-order valence-corrected chi connectivity index (χ2v) is 9.39. The molecule has 3 aliphatic heterocycles. The van der Waals surface area contributed by atoms with Gasteiger partial charge in [0.15, 0.2) is 0 Å². The summed E-state index contributed by atoms with van der Waals surface area (Å²) in [6.07, 6.45) is 3.80. The molecule has 0 bridgehead atoms. The Labute approximate surface area is 195 Å². The second-order valence-electron chi connectivity index (χ2n) is 9.39.